The fraction of sp³-hybridized carbons (Fsp3) is 0.292. The Morgan fingerprint density at radius 3 is 2.68 bits per heavy atom. The Labute approximate surface area is 206 Å². The lowest BCUT2D eigenvalue weighted by Gasteiger charge is -2.22. The molecule has 178 valence electrons. The Morgan fingerprint density at radius 2 is 1.97 bits per heavy atom. The lowest BCUT2D eigenvalue weighted by atomic mass is 10.1. The van der Waals surface area contributed by atoms with Crippen LogP contribution in [-0.2, 0) is 11.3 Å². The van der Waals surface area contributed by atoms with Crippen molar-refractivity contribution in [3.8, 4) is 11.3 Å². The smallest absolute Gasteiger partial charge is 0.239 e. The van der Waals surface area contributed by atoms with E-state index in [4.69, 9.17) is 21.7 Å². The van der Waals surface area contributed by atoms with Crippen molar-refractivity contribution in [2.75, 3.05) is 23.8 Å². The summed E-state index contributed by atoms with van der Waals surface area (Å²) in [5, 5.41) is 12.3. The molecule has 4 rings (SSSR count). The first kappa shape index (κ1) is 24.0. The summed E-state index contributed by atoms with van der Waals surface area (Å²) in [6.07, 6.45) is 0. The molecule has 0 bridgehead atoms. The van der Waals surface area contributed by atoms with Gasteiger partial charge in [-0.2, -0.15) is 4.52 Å². The molecule has 0 aliphatic carbocycles. The maximum Gasteiger partial charge on any atom is 0.239 e. The Balaban J connectivity index is 1.55. The number of benzene rings is 2. The maximum absolute atomic E-state index is 13.9. The van der Waals surface area contributed by atoms with Gasteiger partial charge in [-0.05, 0) is 44.5 Å². The van der Waals surface area contributed by atoms with Crippen molar-refractivity contribution in [3.05, 3.63) is 64.9 Å². The summed E-state index contributed by atoms with van der Waals surface area (Å²) in [5.74, 6) is 0.197. The third-order valence-electron chi connectivity index (χ3n) is 4.93. The van der Waals surface area contributed by atoms with Crippen molar-refractivity contribution >= 4 is 44.8 Å². The fourth-order valence-electron chi connectivity index (χ4n) is 3.37. The van der Waals surface area contributed by atoms with Gasteiger partial charge in [-0.3, -0.25) is 4.79 Å². The van der Waals surface area contributed by atoms with E-state index in [9.17, 15) is 9.18 Å². The number of hydrogen-bond acceptors (Lipinski definition) is 6. The zero-order valence-corrected chi connectivity index (χ0v) is 21.0. The first-order chi connectivity index (χ1) is 16.1. The highest BCUT2D eigenvalue weighted by molar-refractivity contribution is 7.20. The predicted molar refractivity (Wildman–Crippen MR) is 136 cm³/mol. The average Bonchev–Trinajstić information content (AvgIpc) is 3.32. The standard InChI is InChI=1S/C24H26ClFN6OS/c1-24(2,3)29-21-20(15-9-7-10-17(26)12-15)28-22-32(21)30-23(34-22)31(4)14-19(33)27-13-16-8-5-6-11-18(16)25/h5-12,29H,13-14H2,1-4H3,(H,27,33). The van der Waals surface area contributed by atoms with Crippen LogP contribution in [0.3, 0.4) is 0 Å². The molecule has 0 radical (unpaired) electrons. The number of hydrogen-bond donors (Lipinski definition) is 2. The number of halogens is 2. The molecule has 2 aromatic carbocycles. The first-order valence-corrected chi connectivity index (χ1v) is 11.9. The lowest BCUT2D eigenvalue weighted by Crippen LogP contribution is -2.34. The second-order valence-electron chi connectivity index (χ2n) is 9.00. The number of carbonyl (C=O) groups is 1. The molecule has 0 unspecified atom stereocenters. The molecule has 2 aromatic heterocycles. The molecule has 1 amide bonds. The zero-order chi connectivity index (χ0) is 24.5. The van der Waals surface area contributed by atoms with Gasteiger partial charge in [-0.15, -0.1) is 5.10 Å². The van der Waals surface area contributed by atoms with E-state index >= 15 is 0 Å². The zero-order valence-electron chi connectivity index (χ0n) is 19.4. The van der Waals surface area contributed by atoms with Crippen LogP contribution < -0.4 is 15.5 Å². The van der Waals surface area contributed by atoms with Crippen LogP contribution >= 0.6 is 22.9 Å². The maximum atomic E-state index is 13.9. The highest BCUT2D eigenvalue weighted by atomic mass is 35.5. The quantitative estimate of drug-likeness (QED) is 0.364. The van der Waals surface area contributed by atoms with Crippen LogP contribution in [-0.4, -0.2) is 39.6 Å². The van der Waals surface area contributed by atoms with E-state index < -0.39 is 0 Å². The molecule has 10 heteroatoms. The molecule has 4 aromatic rings. The Kier molecular flexibility index (Phi) is 6.77. The molecule has 7 nitrogen and oxygen atoms in total. The van der Waals surface area contributed by atoms with Gasteiger partial charge in [0, 0.05) is 29.7 Å². The summed E-state index contributed by atoms with van der Waals surface area (Å²) < 4.78 is 15.6. The van der Waals surface area contributed by atoms with Crippen molar-refractivity contribution in [2.45, 2.75) is 32.9 Å². The summed E-state index contributed by atoms with van der Waals surface area (Å²) in [6, 6.07) is 13.7. The molecule has 0 saturated carbocycles. The van der Waals surface area contributed by atoms with Crippen LogP contribution in [0, 0.1) is 5.82 Å². The van der Waals surface area contributed by atoms with Gasteiger partial charge in [0.05, 0.1) is 6.54 Å². The van der Waals surface area contributed by atoms with E-state index in [2.05, 4.69) is 10.6 Å². The van der Waals surface area contributed by atoms with Gasteiger partial charge in [0.2, 0.25) is 16.0 Å². The molecule has 0 aliphatic rings. The molecule has 0 fully saturated rings. The van der Waals surface area contributed by atoms with Gasteiger partial charge in [0.15, 0.2) is 5.82 Å². The van der Waals surface area contributed by atoms with Crippen molar-refractivity contribution in [2.24, 2.45) is 0 Å². The van der Waals surface area contributed by atoms with E-state index in [0.717, 1.165) is 5.56 Å². The van der Waals surface area contributed by atoms with Crippen molar-refractivity contribution in [3.63, 3.8) is 0 Å². The monoisotopic (exact) mass is 500 g/mol. The molecule has 0 atom stereocenters. The molecule has 2 heterocycles. The van der Waals surface area contributed by atoms with Crippen LogP contribution in [0.5, 0.6) is 0 Å². The normalized spacial score (nSPS) is 11.6. The van der Waals surface area contributed by atoms with Crippen molar-refractivity contribution in [1.82, 2.24) is 19.9 Å². The van der Waals surface area contributed by atoms with E-state index in [-0.39, 0.29) is 23.8 Å². The van der Waals surface area contributed by atoms with Gasteiger partial charge >= 0.3 is 0 Å². The number of nitrogens with one attached hydrogen (secondary N) is 2. The molecule has 0 spiro atoms. The molecule has 0 saturated heterocycles. The number of amides is 1. The van der Waals surface area contributed by atoms with Crippen molar-refractivity contribution < 1.29 is 9.18 Å². The Hall–Kier alpha value is -3.17. The van der Waals surface area contributed by atoms with Crippen LogP contribution in [0.25, 0.3) is 16.2 Å². The summed E-state index contributed by atoms with van der Waals surface area (Å²) in [6.45, 7) is 6.57. The molecule has 34 heavy (non-hydrogen) atoms. The van der Waals surface area contributed by atoms with Gasteiger partial charge in [-0.25, -0.2) is 9.37 Å². The van der Waals surface area contributed by atoms with E-state index in [1.165, 1.54) is 23.5 Å². The van der Waals surface area contributed by atoms with Gasteiger partial charge in [-0.1, -0.05) is 53.3 Å². The van der Waals surface area contributed by atoms with E-state index in [1.54, 1.807) is 28.6 Å². The minimum atomic E-state index is -0.327. The number of nitrogens with zero attached hydrogens (tertiary/aromatic N) is 4. The minimum Gasteiger partial charge on any atom is -0.364 e. The van der Waals surface area contributed by atoms with E-state index in [0.29, 0.717) is 38.7 Å². The molecule has 0 aliphatic heterocycles. The number of imidazole rings is 1. The van der Waals surface area contributed by atoms with Crippen LogP contribution in [0.4, 0.5) is 15.3 Å². The number of anilines is 2. The first-order valence-electron chi connectivity index (χ1n) is 10.8. The Morgan fingerprint density at radius 1 is 1.21 bits per heavy atom. The largest absolute Gasteiger partial charge is 0.364 e. The molecular formula is C24H26ClFN6OS. The summed E-state index contributed by atoms with van der Waals surface area (Å²) in [7, 11) is 1.80. The summed E-state index contributed by atoms with van der Waals surface area (Å²) in [4.78, 5) is 19.6. The predicted octanol–water partition coefficient (Wildman–Crippen LogP) is 5.21. The fourth-order valence-corrected chi connectivity index (χ4v) is 4.44. The van der Waals surface area contributed by atoms with Crippen LogP contribution in [0.1, 0.15) is 26.3 Å². The number of likely N-dealkylation sites (N-methyl/N-ethyl adjacent to an activating group) is 1. The number of fused-ring (bicyclic) bond motifs is 1. The second-order valence-corrected chi connectivity index (χ2v) is 10.3. The van der Waals surface area contributed by atoms with Gasteiger partial charge in [0.1, 0.15) is 11.5 Å². The second kappa shape index (κ2) is 9.60. The summed E-state index contributed by atoms with van der Waals surface area (Å²) in [5.41, 5.74) is 1.88. The van der Waals surface area contributed by atoms with Crippen LogP contribution in [0.15, 0.2) is 48.5 Å². The molecular weight excluding hydrogens is 475 g/mol. The molecule has 2 N–H and O–H groups in total. The van der Waals surface area contributed by atoms with Gasteiger partial charge < -0.3 is 15.5 Å². The minimum absolute atomic E-state index is 0.125. The van der Waals surface area contributed by atoms with Crippen molar-refractivity contribution in [1.29, 1.82) is 0 Å². The highest BCUT2D eigenvalue weighted by Gasteiger charge is 2.23. The third-order valence-corrected chi connectivity index (χ3v) is 6.32. The average molecular weight is 501 g/mol. The third kappa shape index (κ3) is 5.48. The summed E-state index contributed by atoms with van der Waals surface area (Å²) >= 11 is 7.52. The number of rotatable bonds is 7. The van der Waals surface area contributed by atoms with Crippen LogP contribution in [0.2, 0.25) is 5.02 Å². The topological polar surface area (TPSA) is 74.6 Å². The number of aromatic nitrogens is 3. The highest BCUT2D eigenvalue weighted by Crippen LogP contribution is 2.34. The lowest BCUT2D eigenvalue weighted by molar-refractivity contribution is -0.119. The SMILES string of the molecule is CN(CC(=O)NCc1ccccc1Cl)c1nn2c(NC(C)(C)C)c(-c3cccc(F)c3)nc2s1. The number of carbonyl (C=O) groups excluding carboxylic acids is 1. The van der Waals surface area contributed by atoms with E-state index in [1.807, 2.05) is 45.0 Å². The van der Waals surface area contributed by atoms with Gasteiger partial charge in [0.25, 0.3) is 0 Å². The Bertz CT molecular complexity index is 1330.